The van der Waals surface area contributed by atoms with Gasteiger partial charge < -0.3 is 4.90 Å². The SMILES string of the molecule is CC1CCN(C=O)C(C)C1. The minimum Gasteiger partial charge on any atom is -0.343 e. The summed E-state index contributed by atoms with van der Waals surface area (Å²) < 4.78 is 0. The van der Waals surface area contributed by atoms with Crippen molar-refractivity contribution in [1.82, 2.24) is 4.90 Å². The van der Waals surface area contributed by atoms with E-state index in [4.69, 9.17) is 0 Å². The van der Waals surface area contributed by atoms with Gasteiger partial charge in [0.15, 0.2) is 0 Å². The maximum Gasteiger partial charge on any atom is 0.209 e. The van der Waals surface area contributed by atoms with E-state index < -0.39 is 0 Å². The lowest BCUT2D eigenvalue weighted by Crippen LogP contribution is -2.38. The summed E-state index contributed by atoms with van der Waals surface area (Å²) in [5.74, 6) is 0.797. The quantitative estimate of drug-likeness (QED) is 0.503. The summed E-state index contributed by atoms with van der Waals surface area (Å²) in [5.41, 5.74) is 0. The fraction of sp³-hybridized carbons (Fsp3) is 0.875. The minimum atomic E-state index is 0.459. The van der Waals surface area contributed by atoms with Gasteiger partial charge in [0.05, 0.1) is 0 Å². The number of carbonyl (C=O) groups is 1. The zero-order valence-electron chi connectivity index (χ0n) is 6.71. The lowest BCUT2D eigenvalue weighted by molar-refractivity contribution is -0.121. The first-order valence-corrected chi connectivity index (χ1v) is 3.95. The van der Waals surface area contributed by atoms with Gasteiger partial charge in [-0.25, -0.2) is 0 Å². The summed E-state index contributed by atoms with van der Waals surface area (Å²) in [6, 6.07) is 0.459. The Morgan fingerprint density at radius 1 is 1.50 bits per heavy atom. The molecule has 1 saturated heterocycles. The summed E-state index contributed by atoms with van der Waals surface area (Å²) in [5, 5.41) is 0. The molecule has 1 rings (SSSR count). The molecule has 0 spiro atoms. The van der Waals surface area contributed by atoms with Gasteiger partial charge in [0.2, 0.25) is 6.41 Å². The first kappa shape index (κ1) is 7.58. The highest BCUT2D eigenvalue weighted by Gasteiger charge is 2.20. The number of carbonyl (C=O) groups excluding carboxylic acids is 1. The Hall–Kier alpha value is -0.530. The maximum atomic E-state index is 10.4. The summed E-state index contributed by atoms with van der Waals surface area (Å²) in [6.45, 7) is 5.31. The van der Waals surface area contributed by atoms with Gasteiger partial charge in [-0.2, -0.15) is 0 Å². The molecule has 1 amide bonds. The number of piperidine rings is 1. The lowest BCUT2D eigenvalue weighted by Gasteiger charge is -2.33. The van der Waals surface area contributed by atoms with E-state index in [0.717, 1.165) is 18.9 Å². The summed E-state index contributed by atoms with van der Waals surface area (Å²) in [7, 11) is 0. The molecule has 2 unspecified atom stereocenters. The normalized spacial score (nSPS) is 34.0. The Morgan fingerprint density at radius 2 is 2.20 bits per heavy atom. The summed E-state index contributed by atoms with van der Waals surface area (Å²) in [6.07, 6.45) is 3.30. The topological polar surface area (TPSA) is 20.3 Å². The van der Waals surface area contributed by atoms with Gasteiger partial charge in [0, 0.05) is 12.6 Å². The largest absolute Gasteiger partial charge is 0.343 e. The molecule has 1 heterocycles. The first-order valence-electron chi connectivity index (χ1n) is 3.95. The molecule has 58 valence electrons. The number of likely N-dealkylation sites (tertiary alicyclic amines) is 1. The van der Waals surface area contributed by atoms with Gasteiger partial charge in [0.1, 0.15) is 0 Å². The van der Waals surface area contributed by atoms with Crippen LogP contribution in [0.4, 0.5) is 0 Å². The number of rotatable bonds is 1. The number of nitrogens with zero attached hydrogens (tertiary/aromatic N) is 1. The Bertz CT molecular complexity index is 124. The monoisotopic (exact) mass is 141 g/mol. The second-order valence-electron chi connectivity index (χ2n) is 3.32. The number of hydrogen-bond donors (Lipinski definition) is 0. The van der Waals surface area contributed by atoms with Crippen LogP contribution in [0.3, 0.4) is 0 Å². The molecule has 1 aliphatic heterocycles. The molecule has 0 aromatic heterocycles. The van der Waals surface area contributed by atoms with Gasteiger partial charge in [-0.3, -0.25) is 4.79 Å². The molecular formula is C8H15NO. The Kier molecular flexibility index (Phi) is 2.30. The standard InChI is InChI=1S/C8H15NO/c1-7-3-4-9(6-10)8(2)5-7/h6-8H,3-5H2,1-2H3. The zero-order chi connectivity index (χ0) is 7.56. The molecule has 0 radical (unpaired) electrons. The zero-order valence-corrected chi connectivity index (χ0v) is 6.71. The van der Waals surface area contributed by atoms with Crippen LogP contribution in [0.5, 0.6) is 0 Å². The van der Waals surface area contributed by atoms with Crippen molar-refractivity contribution in [2.45, 2.75) is 32.7 Å². The van der Waals surface area contributed by atoms with Crippen molar-refractivity contribution in [1.29, 1.82) is 0 Å². The van der Waals surface area contributed by atoms with E-state index in [1.54, 1.807) is 0 Å². The molecule has 0 aromatic carbocycles. The second kappa shape index (κ2) is 3.04. The van der Waals surface area contributed by atoms with Crippen LogP contribution in [0.25, 0.3) is 0 Å². The smallest absolute Gasteiger partial charge is 0.209 e. The van der Waals surface area contributed by atoms with Crippen LogP contribution in [0.15, 0.2) is 0 Å². The van der Waals surface area contributed by atoms with E-state index in [1.807, 2.05) is 4.90 Å². The van der Waals surface area contributed by atoms with E-state index in [-0.39, 0.29) is 0 Å². The van der Waals surface area contributed by atoms with E-state index >= 15 is 0 Å². The number of hydrogen-bond acceptors (Lipinski definition) is 1. The summed E-state index contributed by atoms with van der Waals surface area (Å²) in [4.78, 5) is 12.3. The van der Waals surface area contributed by atoms with Crippen molar-refractivity contribution in [3.8, 4) is 0 Å². The fourth-order valence-electron chi connectivity index (χ4n) is 1.58. The molecule has 1 aliphatic rings. The van der Waals surface area contributed by atoms with Crippen LogP contribution in [0, 0.1) is 5.92 Å². The predicted octanol–water partition coefficient (Wildman–Crippen LogP) is 1.26. The van der Waals surface area contributed by atoms with Crippen LogP contribution in [-0.2, 0) is 4.79 Å². The fourth-order valence-corrected chi connectivity index (χ4v) is 1.58. The van der Waals surface area contributed by atoms with Crippen molar-refractivity contribution < 1.29 is 4.79 Å². The third-order valence-corrected chi connectivity index (χ3v) is 2.33. The molecule has 0 saturated carbocycles. The third kappa shape index (κ3) is 1.49. The van der Waals surface area contributed by atoms with Crippen molar-refractivity contribution in [3.63, 3.8) is 0 Å². The molecule has 2 heteroatoms. The van der Waals surface area contributed by atoms with Gasteiger partial charge in [-0.05, 0) is 25.7 Å². The van der Waals surface area contributed by atoms with E-state index in [1.165, 1.54) is 12.8 Å². The lowest BCUT2D eigenvalue weighted by atomic mass is 9.94. The molecular weight excluding hydrogens is 126 g/mol. The van der Waals surface area contributed by atoms with Gasteiger partial charge in [0.25, 0.3) is 0 Å². The Balaban J connectivity index is 2.43. The van der Waals surface area contributed by atoms with Crippen LogP contribution >= 0.6 is 0 Å². The first-order chi connectivity index (χ1) is 4.74. The van der Waals surface area contributed by atoms with Crippen LogP contribution < -0.4 is 0 Å². The van der Waals surface area contributed by atoms with Crippen LogP contribution in [0.2, 0.25) is 0 Å². The van der Waals surface area contributed by atoms with Crippen molar-refractivity contribution >= 4 is 6.41 Å². The highest BCUT2D eigenvalue weighted by Crippen LogP contribution is 2.20. The number of amides is 1. The average molecular weight is 141 g/mol. The highest BCUT2D eigenvalue weighted by molar-refractivity contribution is 5.47. The maximum absolute atomic E-state index is 10.4. The Morgan fingerprint density at radius 3 is 2.70 bits per heavy atom. The Labute approximate surface area is 62.2 Å². The van der Waals surface area contributed by atoms with Crippen molar-refractivity contribution in [2.75, 3.05) is 6.54 Å². The second-order valence-corrected chi connectivity index (χ2v) is 3.32. The minimum absolute atomic E-state index is 0.459. The van der Waals surface area contributed by atoms with Gasteiger partial charge >= 0.3 is 0 Å². The average Bonchev–Trinajstić information content (AvgIpc) is 1.88. The predicted molar refractivity (Wildman–Crippen MR) is 40.6 cm³/mol. The van der Waals surface area contributed by atoms with E-state index in [2.05, 4.69) is 13.8 Å². The molecule has 0 aromatic rings. The van der Waals surface area contributed by atoms with Crippen molar-refractivity contribution in [2.24, 2.45) is 5.92 Å². The van der Waals surface area contributed by atoms with E-state index in [9.17, 15) is 4.79 Å². The molecule has 2 nitrogen and oxygen atoms in total. The van der Waals surface area contributed by atoms with Gasteiger partial charge in [-0.1, -0.05) is 6.92 Å². The van der Waals surface area contributed by atoms with Crippen molar-refractivity contribution in [3.05, 3.63) is 0 Å². The molecule has 0 N–H and O–H groups in total. The molecule has 0 aliphatic carbocycles. The van der Waals surface area contributed by atoms with Crippen LogP contribution in [0.1, 0.15) is 26.7 Å². The summed E-state index contributed by atoms with van der Waals surface area (Å²) >= 11 is 0. The highest BCUT2D eigenvalue weighted by atomic mass is 16.1. The molecule has 0 bridgehead atoms. The van der Waals surface area contributed by atoms with Crippen LogP contribution in [-0.4, -0.2) is 23.9 Å². The molecule has 10 heavy (non-hydrogen) atoms. The molecule has 2 atom stereocenters. The third-order valence-electron chi connectivity index (χ3n) is 2.33. The van der Waals surface area contributed by atoms with E-state index in [0.29, 0.717) is 6.04 Å². The molecule has 1 fully saturated rings. The van der Waals surface area contributed by atoms with Gasteiger partial charge in [-0.15, -0.1) is 0 Å².